The number of hydrogen-bond acceptors (Lipinski definition) is 23. The van der Waals surface area contributed by atoms with Crippen molar-refractivity contribution in [1.29, 1.82) is 0 Å². The van der Waals surface area contributed by atoms with E-state index in [4.69, 9.17) is 51.8 Å². The molecule has 0 bridgehead atoms. The van der Waals surface area contributed by atoms with Crippen molar-refractivity contribution in [3.63, 3.8) is 0 Å². The number of nitrogens with zero attached hydrogens (tertiary/aromatic N) is 1. The van der Waals surface area contributed by atoms with E-state index in [1.807, 2.05) is 19.1 Å². The summed E-state index contributed by atoms with van der Waals surface area (Å²) < 4.78 is 80.9. The Labute approximate surface area is 555 Å². The summed E-state index contributed by atoms with van der Waals surface area (Å²) in [6.07, 6.45) is 11.1. The van der Waals surface area contributed by atoms with Crippen LogP contribution < -0.4 is 48.5 Å². The first-order chi connectivity index (χ1) is 42.7. The normalized spacial score (nSPS) is 13.8. The van der Waals surface area contributed by atoms with Crippen LogP contribution in [0.15, 0.2) is 114 Å². The van der Waals surface area contributed by atoms with Crippen LogP contribution in [-0.4, -0.2) is 158 Å². The van der Waals surface area contributed by atoms with Crippen molar-refractivity contribution >= 4 is 77.2 Å². The molecule has 4 aromatic carbocycles. The second kappa shape index (κ2) is 40.4. The van der Waals surface area contributed by atoms with E-state index in [2.05, 4.69) is 42.4 Å². The number of aliphatic hydroxyl groups is 1. The molecule has 0 aromatic heterocycles. The smallest absolute Gasteiger partial charge is 0.492 e. The van der Waals surface area contributed by atoms with E-state index in [1.54, 1.807) is 80.6 Å². The van der Waals surface area contributed by atoms with Crippen LogP contribution in [0.4, 0.5) is 0 Å². The first kappa shape index (κ1) is 79.6. The number of fused-ring (bicyclic) bond motifs is 4. The Morgan fingerprint density at radius 2 is 0.901 bits per heavy atom. The molecule has 0 radical (unpaired) electrons. The molecule has 0 aliphatic heterocycles. The van der Waals surface area contributed by atoms with Gasteiger partial charge in [0.05, 0.1) is 42.4 Å². The largest absolute Gasteiger partial charge is 1.00 e. The molecule has 4 aliphatic carbocycles. The van der Waals surface area contributed by atoms with E-state index < -0.39 is 49.1 Å². The Kier molecular flexibility index (Phi) is 35.3. The zero-order chi connectivity index (χ0) is 67.1. The Morgan fingerprint density at radius 1 is 0.560 bits per heavy atom. The van der Waals surface area contributed by atoms with Gasteiger partial charge in [-0.25, -0.2) is 18.0 Å². The third kappa shape index (κ3) is 26.7. The van der Waals surface area contributed by atoms with Crippen molar-refractivity contribution in [2.45, 2.75) is 85.9 Å². The van der Waals surface area contributed by atoms with Crippen LogP contribution in [0.5, 0.6) is 23.0 Å². The average Bonchev–Trinajstić information content (AvgIpc) is 1.07. The fourth-order valence-corrected chi connectivity index (χ4v) is 9.70. The molecule has 2 atom stereocenters. The molecule has 0 amide bonds. The number of ether oxygens (including phenoxy) is 6. The summed E-state index contributed by atoms with van der Waals surface area (Å²) >= 11 is 0. The van der Waals surface area contributed by atoms with E-state index in [9.17, 15) is 50.7 Å². The maximum Gasteiger partial charge on any atom is 1.00 e. The summed E-state index contributed by atoms with van der Waals surface area (Å²) in [6.45, 7) is 15.3. The standard InChI is InChI=1S/C28H28O7.C27H25O9S.C6H15N.CH3ClO2S.2CO2.Na/c1-3-17-11-18-7-5-9-24(26(18)22(30)12-17)34-15-21(29)16-35-25-10-6-8-19-13-20(28(32)33-4-2)14-23(31)27(19)25;1-3-33-27(30)19-13-18-9-6-12-24(26(18)22(29)14-19)35-16-20(36-37(2,31)32)15-34-23-11-5-8-17-7-4-10-21(28)25(17)23;1-4-7(5-2)6-3;1-5(2,3)4;2*2-1-3;/h5-10,12,14,21,29H,3-4,11,13,15-16H2,1-2H3;5-6,8-12,14,20H,3,7,13,15-16H2,1-2H3;4-6H2,1-3H3;1H3;;;/q;-1;;;;;+1. The van der Waals surface area contributed by atoms with Crippen LogP contribution in [0.1, 0.15) is 112 Å². The van der Waals surface area contributed by atoms with Crippen LogP contribution in [-0.2, 0) is 87.3 Å². The monoisotopic (exact) mass is 1330 g/mol. The van der Waals surface area contributed by atoms with Gasteiger partial charge >= 0.3 is 53.8 Å². The van der Waals surface area contributed by atoms with Gasteiger partial charge < -0.3 is 43.2 Å². The summed E-state index contributed by atoms with van der Waals surface area (Å²) in [7, 11) is -2.57. The molecule has 27 heteroatoms. The van der Waals surface area contributed by atoms with Gasteiger partial charge in [0.1, 0.15) is 61.6 Å². The van der Waals surface area contributed by atoms with Crippen molar-refractivity contribution in [3.05, 3.63) is 164 Å². The molecule has 0 saturated heterocycles. The van der Waals surface area contributed by atoms with Gasteiger partial charge in [-0.15, -0.1) is 0 Å². The number of aliphatic hydroxyl groups excluding tert-OH is 1. The number of carbonyl (C=O) groups excluding carboxylic acids is 10. The van der Waals surface area contributed by atoms with Gasteiger partial charge in [-0.05, 0) is 111 Å². The molecule has 2 unspecified atom stereocenters. The van der Waals surface area contributed by atoms with Crippen LogP contribution in [0, 0.1) is 6.08 Å². The molecule has 0 saturated carbocycles. The van der Waals surface area contributed by atoms with Gasteiger partial charge in [0.25, 0.3) is 10.1 Å². The number of carbonyl (C=O) groups is 6. The molecule has 8 rings (SSSR count). The van der Waals surface area contributed by atoms with Crippen molar-refractivity contribution in [2.24, 2.45) is 0 Å². The molecule has 23 nitrogen and oxygen atoms in total. The van der Waals surface area contributed by atoms with Crippen molar-refractivity contribution in [2.75, 3.05) is 71.8 Å². The summed E-state index contributed by atoms with van der Waals surface area (Å²) in [5.74, 6) is -0.886. The quantitative estimate of drug-likeness (QED) is 0.0382. The van der Waals surface area contributed by atoms with Crippen molar-refractivity contribution in [1.82, 2.24) is 4.90 Å². The maximum atomic E-state index is 12.8. The van der Waals surface area contributed by atoms with Gasteiger partial charge in [-0.3, -0.25) is 24.6 Å². The molecular weight excluding hydrogens is 1260 g/mol. The minimum Gasteiger partial charge on any atom is -0.492 e. The van der Waals surface area contributed by atoms with E-state index in [0.717, 1.165) is 35.6 Å². The van der Waals surface area contributed by atoms with Gasteiger partial charge in [0.15, 0.2) is 17.3 Å². The molecule has 4 aromatic rings. The molecule has 1 N–H and O–H groups in total. The Hall–Kier alpha value is -7.51. The topological polar surface area (TPSA) is 327 Å². The van der Waals surface area contributed by atoms with Crippen LogP contribution in [0.3, 0.4) is 0 Å². The second-order valence-electron chi connectivity index (χ2n) is 19.4. The molecular formula is C64H71ClNNaO22S2. The third-order valence-electron chi connectivity index (χ3n) is 13.0. The predicted molar refractivity (Wildman–Crippen MR) is 325 cm³/mol. The molecule has 0 spiro atoms. The number of esters is 2. The number of rotatable bonds is 22. The van der Waals surface area contributed by atoms with Crippen LogP contribution >= 0.6 is 10.7 Å². The number of halogens is 1. The average molecular weight is 1330 g/mol. The summed E-state index contributed by atoms with van der Waals surface area (Å²) in [4.78, 5) is 109. The van der Waals surface area contributed by atoms with Crippen LogP contribution in [0.2, 0.25) is 0 Å². The number of benzene rings is 4. The molecule has 4 aliphatic rings. The van der Waals surface area contributed by atoms with E-state index in [1.165, 1.54) is 37.9 Å². The van der Waals surface area contributed by atoms with E-state index in [-0.39, 0.29) is 129 Å². The SMILES string of the molecule is CCN(CC)CC.CCOC(=O)C1=CC(=O)c2c(cccc2OCC(COc2cccc3c2C(=O)C=[C-]C3)OS(C)(=O)=O)C1.CCOC(=O)C1=CC(=O)c2c(cccc2OCC(O)COc2cccc3c2C(=O)C=C(CC)C3)C1.CS(=O)(=O)Cl.O=C=O.O=C=O.[Na+]. The number of hydrogen-bond donors (Lipinski definition) is 1. The number of ketones is 4. The first-order valence-corrected chi connectivity index (χ1v) is 32.6. The predicted octanol–water partition coefficient (Wildman–Crippen LogP) is 3.99. The first-order valence-electron chi connectivity index (χ1n) is 28.1. The zero-order valence-corrected chi connectivity index (χ0v) is 56.3. The minimum absolute atomic E-state index is 0. The summed E-state index contributed by atoms with van der Waals surface area (Å²) in [5, 5.41) is 10.5. The van der Waals surface area contributed by atoms with Gasteiger partial charge in [-0.2, -0.15) is 33.7 Å². The van der Waals surface area contributed by atoms with Gasteiger partial charge in [0.2, 0.25) is 9.05 Å². The van der Waals surface area contributed by atoms with Crippen molar-refractivity contribution < 1.29 is 132 Å². The fourth-order valence-electron chi connectivity index (χ4n) is 9.09. The van der Waals surface area contributed by atoms with Gasteiger partial charge in [0, 0.05) is 40.5 Å². The summed E-state index contributed by atoms with van der Waals surface area (Å²) in [5.41, 5.74) is 6.13. The second-order valence-corrected chi connectivity index (χ2v) is 24.0. The zero-order valence-electron chi connectivity index (χ0n) is 52.0. The third-order valence-corrected chi connectivity index (χ3v) is 13.6. The van der Waals surface area contributed by atoms with E-state index >= 15 is 0 Å². The van der Waals surface area contributed by atoms with Crippen molar-refractivity contribution in [3.8, 4) is 23.0 Å². The number of allylic oxidation sites excluding steroid dienone is 6. The molecule has 0 heterocycles. The van der Waals surface area contributed by atoms with Gasteiger partial charge in [-0.1, -0.05) is 93.8 Å². The maximum absolute atomic E-state index is 12.8. The summed E-state index contributed by atoms with van der Waals surface area (Å²) in [6, 6.07) is 20.7. The van der Waals surface area contributed by atoms with Crippen LogP contribution in [0.25, 0.3) is 0 Å². The fraction of sp³-hybridized carbons (Fsp3) is 0.375. The molecule has 484 valence electrons. The van der Waals surface area contributed by atoms with E-state index in [0.29, 0.717) is 63.5 Å². The minimum atomic E-state index is -3.88. The Bertz CT molecular complexity index is 3610. The Balaban J connectivity index is 0.000000485. The molecule has 0 fully saturated rings. The Morgan fingerprint density at radius 3 is 1.24 bits per heavy atom. The molecule has 91 heavy (non-hydrogen) atoms.